The zero-order chi connectivity index (χ0) is 20.2. The molecule has 0 radical (unpaired) electrons. The minimum Gasteiger partial charge on any atom is -0.493 e. The molecule has 0 saturated heterocycles. The molecule has 2 atom stereocenters. The van der Waals surface area contributed by atoms with Crippen molar-refractivity contribution in [2.75, 3.05) is 13.7 Å². The Kier molecular flexibility index (Phi) is 4.94. The van der Waals surface area contributed by atoms with Gasteiger partial charge in [0.2, 0.25) is 0 Å². The molecule has 154 valence electrons. The lowest BCUT2D eigenvalue weighted by Gasteiger charge is -2.65. The van der Waals surface area contributed by atoms with Crippen molar-refractivity contribution in [3.8, 4) is 11.5 Å². The van der Waals surface area contributed by atoms with Crippen molar-refractivity contribution in [3.63, 3.8) is 0 Å². The van der Waals surface area contributed by atoms with E-state index in [2.05, 4.69) is 35.1 Å². The maximum absolute atomic E-state index is 11.0. The molecule has 1 aromatic carbocycles. The normalized spacial score (nSPS) is 35.8. The molecule has 6 heteroatoms. The van der Waals surface area contributed by atoms with Gasteiger partial charge in [0.15, 0.2) is 18.1 Å². The van der Waals surface area contributed by atoms with Gasteiger partial charge in [-0.25, -0.2) is 0 Å². The third kappa shape index (κ3) is 3.78. The Morgan fingerprint density at radius 3 is 2.46 bits per heavy atom. The molecular formula is C22H31BrN2O3. The van der Waals surface area contributed by atoms with Crippen LogP contribution in [0.25, 0.3) is 0 Å². The van der Waals surface area contributed by atoms with Crippen molar-refractivity contribution in [2.24, 2.45) is 22.5 Å². The van der Waals surface area contributed by atoms with E-state index >= 15 is 0 Å². The number of hydrogen-bond donors (Lipinski definition) is 2. The van der Waals surface area contributed by atoms with Crippen molar-refractivity contribution in [1.82, 2.24) is 5.32 Å². The zero-order valence-electron chi connectivity index (χ0n) is 17.1. The van der Waals surface area contributed by atoms with Crippen LogP contribution in [0.3, 0.4) is 0 Å². The Morgan fingerprint density at radius 1 is 1.21 bits per heavy atom. The molecule has 4 aliphatic carbocycles. The first kappa shape index (κ1) is 20.0. The molecule has 4 fully saturated rings. The molecule has 28 heavy (non-hydrogen) atoms. The first-order chi connectivity index (χ1) is 13.1. The van der Waals surface area contributed by atoms with Crippen LogP contribution in [0.1, 0.15) is 57.9 Å². The number of ether oxygens (including phenoxy) is 2. The first-order valence-corrected chi connectivity index (χ1v) is 11.0. The summed E-state index contributed by atoms with van der Waals surface area (Å²) in [4.78, 5) is 11.0. The third-order valence-electron chi connectivity index (χ3n) is 6.94. The minimum atomic E-state index is -0.511. The van der Waals surface area contributed by atoms with Crippen molar-refractivity contribution in [2.45, 2.75) is 64.5 Å². The Morgan fingerprint density at radius 2 is 1.89 bits per heavy atom. The summed E-state index contributed by atoms with van der Waals surface area (Å²) >= 11 is 3.55. The van der Waals surface area contributed by atoms with Gasteiger partial charge in [0.25, 0.3) is 5.91 Å². The van der Waals surface area contributed by atoms with Crippen LogP contribution in [0.2, 0.25) is 0 Å². The number of hydrogen-bond acceptors (Lipinski definition) is 4. The van der Waals surface area contributed by atoms with Crippen molar-refractivity contribution in [1.29, 1.82) is 0 Å². The monoisotopic (exact) mass is 450 g/mol. The summed E-state index contributed by atoms with van der Waals surface area (Å²) in [5.74, 6) is 1.48. The molecule has 1 aromatic rings. The Hall–Kier alpha value is -1.27. The Bertz CT molecular complexity index is 778. The van der Waals surface area contributed by atoms with E-state index in [1.165, 1.54) is 38.5 Å². The molecule has 5 rings (SSSR count). The maximum atomic E-state index is 11.0. The summed E-state index contributed by atoms with van der Waals surface area (Å²) in [5.41, 5.74) is 7.57. The van der Waals surface area contributed by atoms with Crippen LogP contribution in [-0.4, -0.2) is 25.2 Å². The van der Waals surface area contributed by atoms with E-state index in [-0.39, 0.29) is 12.1 Å². The molecule has 0 aromatic heterocycles. The molecule has 4 bridgehead atoms. The summed E-state index contributed by atoms with van der Waals surface area (Å²) < 4.78 is 11.8. The van der Waals surface area contributed by atoms with Gasteiger partial charge < -0.3 is 20.5 Å². The molecule has 0 unspecified atom stereocenters. The maximum Gasteiger partial charge on any atom is 0.255 e. The topological polar surface area (TPSA) is 73.6 Å². The molecule has 3 N–H and O–H groups in total. The summed E-state index contributed by atoms with van der Waals surface area (Å²) in [6.07, 6.45) is 8.05. The van der Waals surface area contributed by atoms with E-state index in [9.17, 15) is 4.79 Å². The SMILES string of the molecule is COc1cc(CNC23CC4C[C@](C)(C2)C[C@](C)(C4)C3)cc(Br)c1OCC(N)=O. The van der Waals surface area contributed by atoms with Crippen LogP contribution in [-0.2, 0) is 11.3 Å². The number of benzene rings is 1. The summed E-state index contributed by atoms with van der Waals surface area (Å²) in [5, 5.41) is 3.95. The Labute approximate surface area is 175 Å². The van der Waals surface area contributed by atoms with E-state index < -0.39 is 5.91 Å². The van der Waals surface area contributed by atoms with Gasteiger partial charge in [0.1, 0.15) is 0 Å². The molecule has 1 amide bonds. The number of methoxy groups -OCH3 is 1. The fourth-order valence-electron chi connectivity index (χ4n) is 7.09. The second kappa shape index (κ2) is 6.91. The third-order valence-corrected chi connectivity index (χ3v) is 7.53. The number of amides is 1. The lowest BCUT2D eigenvalue weighted by Crippen LogP contribution is -2.63. The predicted molar refractivity (Wildman–Crippen MR) is 112 cm³/mol. The van der Waals surface area contributed by atoms with Crippen LogP contribution in [0, 0.1) is 16.7 Å². The summed E-state index contributed by atoms with van der Waals surface area (Å²) in [6.45, 7) is 5.62. The molecule has 0 heterocycles. The number of nitrogens with two attached hydrogens (primary N) is 1. The van der Waals surface area contributed by atoms with Crippen LogP contribution in [0.4, 0.5) is 0 Å². The van der Waals surface area contributed by atoms with Gasteiger partial charge >= 0.3 is 0 Å². The van der Waals surface area contributed by atoms with Crippen molar-refractivity contribution >= 4 is 21.8 Å². The lowest BCUT2D eigenvalue weighted by molar-refractivity contribution is -0.120. The predicted octanol–water partition coefficient (Wildman–Crippen LogP) is 4.16. The Balaban J connectivity index is 1.51. The highest BCUT2D eigenvalue weighted by atomic mass is 79.9. The van der Waals surface area contributed by atoms with Crippen LogP contribution in [0.5, 0.6) is 11.5 Å². The van der Waals surface area contributed by atoms with Gasteiger partial charge in [-0.05, 0) is 88.9 Å². The number of nitrogens with one attached hydrogen (secondary N) is 1. The molecular weight excluding hydrogens is 420 g/mol. The molecule has 4 aliphatic rings. The van der Waals surface area contributed by atoms with E-state index in [4.69, 9.17) is 15.2 Å². The molecule has 0 spiro atoms. The van der Waals surface area contributed by atoms with Gasteiger partial charge in [-0.15, -0.1) is 0 Å². The summed E-state index contributed by atoms with van der Waals surface area (Å²) in [6, 6.07) is 4.02. The fourth-order valence-corrected chi connectivity index (χ4v) is 7.70. The molecule has 0 aliphatic heterocycles. The average molecular weight is 451 g/mol. The lowest BCUT2D eigenvalue weighted by atomic mass is 9.43. The van der Waals surface area contributed by atoms with E-state index in [0.29, 0.717) is 22.3 Å². The minimum absolute atomic E-state index is 0.172. The van der Waals surface area contributed by atoms with E-state index in [1.807, 2.05) is 12.1 Å². The van der Waals surface area contributed by atoms with Gasteiger partial charge in [-0.1, -0.05) is 13.8 Å². The van der Waals surface area contributed by atoms with Crippen LogP contribution in [0.15, 0.2) is 16.6 Å². The number of halogens is 1. The first-order valence-electron chi connectivity index (χ1n) is 10.2. The number of rotatable bonds is 7. The largest absolute Gasteiger partial charge is 0.493 e. The smallest absolute Gasteiger partial charge is 0.255 e. The quantitative estimate of drug-likeness (QED) is 0.653. The second-order valence-electron chi connectivity index (χ2n) is 10.1. The van der Waals surface area contributed by atoms with Gasteiger partial charge in [0, 0.05) is 12.1 Å². The average Bonchev–Trinajstić information content (AvgIpc) is 2.55. The zero-order valence-corrected chi connectivity index (χ0v) is 18.7. The van der Waals surface area contributed by atoms with Crippen LogP contribution >= 0.6 is 15.9 Å². The number of carbonyl (C=O) groups excluding carboxylic acids is 1. The van der Waals surface area contributed by atoms with Crippen LogP contribution < -0.4 is 20.5 Å². The summed E-state index contributed by atoms with van der Waals surface area (Å²) in [7, 11) is 1.61. The second-order valence-corrected chi connectivity index (χ2v) is 11.0. The number of primary amides is 1. The highest BCUT2D eigenvalue weighted by molar-refractivity contribution is 9.10. The molecule has 5 nitrogen and oxygen atoms in total. The van der Waals surface area contributed by atoms with Gasteiger partial charge in [0.05, 0.1) is 11.6 Å². The highest BCUT2D eigenvalue weighted by Gasteiger charge is 2.59. The van der Waals surface area contributed by atoms with Crippen molar-refractivity contribution < 1.29 is 14.3 Å². The standard InChI is InChI=1S/C22H31BrN2O3/c1-20-6-15-7-21(2,11-20)13-22(8-15,12-20)25-9-14-4-16(23)19(17(5-14)27-3)28-10-18(24)26/h4-5,15,25H,6-13H2,1-3H3,(H2,24,26)/t15?,20-,21-,22?/m0/s1. The number of carbonyl (C=O) groups is 1. The fraction of sp³-hybridized carbons (Fsp3) is 0.682. The van der Waals surface area contributed by atoms with E-state index in [1.54, 1.807) is 7.11 Å². The highest BCUT2D eigenvalue weighted by Crippen LogP contribution is 2.66. The van der Waals surface area contributed by atoms with Gasteiger partial charge in [-0.2, -0.15) is 0 Å². The van der Waals surface area contributed by atoms with E-state index in [0.717, 1.165) is 22.5 Å². The van der Waals surface area contributed by atoms with Crippen molar-refractivity contribution in [3.05, 3.63) is 22.2 Å². The molecule has 4 saturated carbocycles. The van der Waals surface area contributed by atoms with Gasteiger partial charge in [-0.3, -0.25) is 4.79 Å².